The minimum absolute atomic E-state index is 0.291. The molecule has 2 heterocycles. The van der Waals surface area contributed by atoms with E-state index in [-0.39, 0.29) is 0 Å². The van der Waals surface area contributed by atoms with Crippen molar-refractivity contribution in [2.75, 3.05) is 0 Å². The lowest BCUT2D eigenvalue weighted by molar-refractivity contribution is -0.137. The Kier molecular flexibility index (Phi) is 4.27. The van der Waals surface area contributed by atoms with Gasteiger partial charge in [0, 0.05) is 24.2 Å². The molecule has 2 unspecified atom stereocenters. The van der Waals surface area contributed by atoms with Crippen molar-refractivity contribution in [3.63, 3.8) is 0 Å². The molecule has 0 aliphatic carbocycles. The quantitative estimate of drug-likeness (QED) is 0.911. The van der Waals surface area contributed by atoms with E-state index in [1.54, 1.807) is 0 Å². The molecule has 2 atom stereocenters. The molecule has 1 saturated heterocycles. The van der Waals surface area contributed by atoms with Gasteiger partial charge in [-0.1, -0.05) is 0 Å². The van der Waals surface area contributed by atoms with Crippen LogP contribution >= 0.6 is 0 Å². The molecule has 1 aliphatic rings. The van der Waals surface area contributed by atoms with Crippen LogP contribution in [0.1, 0.15) is 56.5 Å². The molecule has 2 rings (SSSR count). The Balaban J connectivity index is 1.97. The summed E-state index contributed by atoms with van der Waals surface area (Å²) in [6.07, 6.45) is 4.91. The number of aromatic nitrogens is 2. The summed E-state index contributed by atoms with van der Waals surface area (Å²) < 4.78 is 0. The van der Waals surface area contributed by atoms with Crippen molar-refractivity contribution in [3.8, 4) is 0 Å². The van der Waals surface area contributed by atoms with Crippen LogP contribution in [0.3, 0.4) is 0 Å². The molecular weight excluding hydrogens is 238 g/mol. The van der Waals surface area contributed by atoms with Gasteiger partial charge in [0.05, 0.1) is 5.69 Å². The van der Waals surface area contributed by atoms with Crippen LogP contribution in [0.2, 0.25) is 0 Å². The van der Waals surface area contributed by atoms with Crippen LogP contribution in [0.4, 0.5) is 0 Å². The number of carbonyl (C=O) groups excluding carboxylic acids is 1. The first-order chi connectivity index (χ1) is 9.00. The summed E-state index contributed by atoms with van der Waals surface area (Å²) in [4.78, 5) is 14.5. The maximum Gasteiger partial charge on any atom is 0.223 e. The Morgan fingerprint density at radius 1 is 1.32 bits per heavy atom. The summed E-state index contributed by atoms with van der Waals surface area (Å²) in [5, 5.41) is 7.17. The predicted octanol–water partition coefficient (Wildman–Crippen LogP) is 2.75. The zero-order valence-corrected chi connectivity index (χ0v) is 12.5. The molecule has 19 heavy (non-hydrogen) atoms. The van der Waals surface area contributed by atoms with Crippen LogP contribution in [0, 0.1) is 13.8 Å². The van der Waals surface area contributed by atoms with Gasteiger partial charge in [-0.05, 0) is 58.9 Å². The van der Waals surface area contributed by atoms with Crippen LogP contribution in [-0.4, -0.2) is 33.1 Å². The zero-order chi connectivity index (χ0) is 14.0. The fourth-order valence-electron chi connectivity index (χ4n) is 3.22. The summed E-state index contributed by atoms with van der Waals surface area (Å²) >= 11 is 0. The van der Waals surface area contributed by atoms with Crippen molar-refractivity contribution in [1.29, 1.82) is 0 Å². The van der Waals surface area contributed by atoms with Crippen molar-refractivity contribution >= 4 is 5.91 Å². The van der Waals surface area contributed by atoms with E-state index in [1.165, 1.54) is 12.0 Å². The van der Waals surface area contributed by atoms with Crippen LogP contribution in [0.25, 0.3) is 0 Å². The average molecular weight is 263 g/mol. The Morgan fingerprint density at radius 3 is 2.47 bits per heavy atom. The Bertz CT molecular complexity index is 423. The first kappa shape index (κ1) is 14.1. The van der Waals surface area contributed by atoms with E-state index in [4.69, 9.17) is 0 Å². The lowest BCUT2D eigenvalue weighted by Gasteiger charge is -2.39. The molecule has 1 aromatic rings. The molecule has 0 saturated carbocycles. The van der Waals surface area contributed by atoms with Gasteiger partial charge in [-0.3, -0.25) is 9.89 Å². The number of rotatable bonds is 3. The van der Waals surface area contributed by atoms with Crippen LogP contribution in [0.5, 0.6) is 0 Å². The monoisotopic (exact) mass is 263 g/mol. The van der Waals surface area contributed by atoms with E-state index in [0.717, 1.165) is 30.7 Å². The first-order valence-electron chi connectivity index (χ1n) is 7.32. The standard InChI is InChI=1S/C15H25N3O/c1-10-6-5-7-11(2)18(10)15(19)9-8-14-12(3)16-17-13(14)4/h10-11H,5-9H2,1-4H3,(H,16,17). The van der Waals surface area contributed by atoms with Gasteiger partial charge >= 0.3 is 0 Å². The third-order valence-electron chi connectivity index (χ3n) is 4.35. The van der Waals surface area contributed by atoms with E-state index >= 15 is 0 Å². The third kappa shape index (κ3) is 2.99. The zero-order valence-electron chi connectivity index (χ0n) is 12.5. The van der Waals surface area contributed by atoms with Gasteiger partial charge in [0.25, 0.3) is 0 Å². The van der Waals surface area contributed by atoms with E-state index in [0.29, 0.717) is 24.4 Å². The van der Waals surface area contributed by atoms with E-state index in [1.807, 2.05) is 13.8 Å². The highest BCUT2D eigenvalue weighted by Crippen LogP contribution is 2.24. The highest BCUT2D eigenvalue weighted by atomic mass is 16.2. The molecule has 4 nitrogen and oxygen atoms in total. The number of carbonyl (C=O) groups is 1. The van der Waals surface area contributed by atoms with Gasteiger partial charge in [-0.2, -0.15) is 5.10 Å². The van der Waals surface area contributed by atoms with Crippen molar-refractivity contribution < 1.29 is 4.79 Å². The van der Waals surface area contributed by atoms with Crippen molar-refractivity contribution in [2.24, 2.45) is 0 Å². The SMILES string of the molecule is Cc1n[nH]c(C)c1CCC(=O)N1C(C)CCCC1C. The maximum atomic E-state index is 12.4. The Labute approximate surface area is 115 Å². The van der Waals surface area contributed by atoms with Crippen molar-refractivity contribution in [3.05, 3.63) is 17.0 Å². The van der Waals surface area contributed by atoms with Gasteiger partial charge < -0.3 is 4.90 Å². The van der Waals surface area contributed by atoms with E-state index < -0.39 is 0 Å². The van der Waals surface area contributed by atoms with Gasteiger partial charge in [-0.15, -0.1) is 0 Å². The van der Waals surface area contributed by atoms with Gasteiger partial charge in [-0.25, -0.2) is 0 Å². The van der Waals surface area contributed by atoms with Gasteiger partial charge in [0.2, 0.25) is 5.91 Å². The first-order valence-corrected chi connectivity index (χ1v) is 7.32. The minimum Gasteiger partial charge on any atom is -0.337 e. The maximum absolute atomic E-state index is 12.4. The summed E-state index contributed by atoms with van der Waals surface area (Å²) in [6.45, 7) is 8.35. The lowest BCUT2D eigenvalue weighted by Crippen LogP contribution is -2.47. The Hall–Kier alpha value is -1.32. The summed E-state index contributed by atoms with van der Waals surface area (Å²) in [6, 6.07) is 0.783. The fourth-order valence-corrected chi connectivity index (χ4v) is 3.22. The molecule has 0 radical (unpaired) electrons. The minimum atomic E-state index is 0.291. The molecule has 1 N–H and O–H groups in total. The van der Waals surface area contributed by atoms with Crippen LogP contribution in [0.15, 0.2) is 0 Å². The number of nitrogens with one attached hydrogen (secondary N) is 1. The number of H-pyrrole nitrogens is 1. The Morgan fingerprint density at radius 2 is 1.95 bits per heavy atom. The molecule has 1 aromatic heterocycles. The number of hydrogen-bond acceptors (Lipinski definition) is 2. The molecule has 0 spiro atoms. The lowest BCUT2D eigenvalue weighted by atomic mass is 9.96. The summed E-state index contributed by atoms with van der Waals surface area (Å²) in [5.74, 6) is 0.291. The van der Waals surface area contributed by atoms with Crippen LogP contribution in [-0.2, 0) is 11.2 Å². The van der Waals surface area contributed by atoms with E-state index in [9.17, 15) is 4.79 Å². The second-order valence-corrected chi connectivity index (χ2v) is 5.84. The summed E-state index contributed by atoms with van der Waals surface area (Å²) in [5.41, 5.74) is 3.31. The molecule has 1 amide bonds. The smallest absolute Gasteiger partial charge is 0.223 e. The van der Waals surface area contributed by atoms with Crippen LogP contribution < -0.4 is 0 Å². The number of piperidine rings is 1. The number of nitrogens with zero attached hydrogens (tertiary/aromatic N) is 2. The predicted molar refractivity (Wildman–Crippen MR) is 76.0 cm³/mol. The number of likely N-dealkylation sites (tertiary alicyclic amines) is 1. The molecule has 0 aromatic carbocycles. The second-order valence-electron chi connectivity index (χ2n) is 5.84. The molecule has 1 fully saturated rings. The van der Waals surface area contributed by atoms with E-state index in [2.05, 4.69) is 28.9 Å². The largest absolute Gasteiger partial charge is 0.337 e. The third-order valence-corrected chi connectivity index (χ3v) is 4.35. The number of hydrogen-bond donors (Lipinski definition) is 1. The molecular formula is C15H25N3O. The van der Waals surface area contributed by atoms with Crippen molar-refractivity contribution in [1.82, 2.24) is 15.1 Å². The normalized spacial score (nSPS) is 23.7. The average Bonchev–Trinajstić information content (AvgIpc) is 2.66. The number of aromatic amines is 1. The molecule has 106 valence electrons. The van der Waals surface area contributed by atoms with Gasteiger partial charge in [0.15, 0.2) is 0 Å². The molecule has 0 bridgehead atoms. The highest BCUT2D eigenvalue weighted by Gasteiger charge is 2.28. The topological polar surface area (TPSA) is 49.0 Å². The summed E-state index contributed by atoms with van der Waals surface area (Å²) in [7, 11) is 0. The second kappa shape index (κ2) is 5.76. The van der Waals surface area contributed by atoms with Crippen molar-refractivity contribution in [2.45, 2.75) is 71.9 Å². The molecule has 1 aliphatic heterocycles. The number of amides is 1. The molecule has 4 heteroatoms. The highest BCUT2D eigenvalue weighted by molar-refractivity contribution is 5.77. The van der Waals surface area contributed by atoms with Gasteiger partial charge in [0.1, 0.15) is 0 Å². The number of aryl methyl sites for hydroxylation is 2. The fraction of sp³-hybridized carbons (Fsp3) is 0.733.